The van der Waals surface area contributed by atoms with E-state index in [2.05, 4.69) is 15.6 Å². The van der Waals surface area contributed by atoms with Gasteiger partial charge in [-0.05, 0) is 48.7 Å². The summed E-state index contributed by atoms with van der Waals surface area (Å²) in [5.74, 6) is 0.742. The van der Waals surface area contributed by atoms with Crippen LogP contribution in [0.4, 0.5) is 11.4 Å². The van der Waals surface area contributed by atoms with Crippen molar-refractivity contribution in [2.75, 3.05) is 29.8 Å². The van der Waals surface area contributed by atoms with Gasteiger partial charge in [0, 0.05) is 21.7 Å². The highest BCUT2D eigenvalue weighted by Crippen LogP contribution is 2.24. The lowest BCUT2D eigenvalue weighted by Crippen LogP contribution is -2.14. The maximum Gasteiger partial charge on any atom is 0.234 e. The maximum absolute atomic E-state index is 12.3. The van der Waals surface area contributed by atoms with Crippen molar-refractivity contribution in [2.24, 2.45) is 0 Å². The molecule has 0 aliphatic rings. The number of ether oxygens (including phenoxy) is 1. The third kappa shape index (κ3) is 6.79. The van der Waals surface area contributed by atoms with E-state index in [1.165, 1.54) is 23.1 Å². The highest BCUT2D eigenvalue weighted by Gasteiger charge is 2.11. The Bertz CT molecular complexity index is 1010. The van der Waals surface area contributed by atoms with Crippen molar-refractivity contribution in [3.8, 4) is 5.75 Å². The van der Waals surface area contributed by atoms with E-state index >= 15 is 0 Å². The summed E-state index contributed by atoms with van der Waals surface area (Å²) < 4.78 is 5.86. The van der Waals surface area contributed by atoms with Gasteiger partial charge in [-0.2, -0.15) is 0 Å². The van der Waals surface area contributed by atoms with Crippen LogP contribution < -0.4 is 15.4 Å². The highest BCUT2D eigenvalue weighted by atomic mass is 32.2. The zero-order chi connectivity index (χ0) is 21.3. The zero-order valence-corrected chi connectivity index (χ0v) is 19.0. The van der Waals surface area contributed by atoms with Gasteiger partial charge in [0.25, 0.3) is 0 Å². The average molecular weight is 460 g/mol. The molecule has 2 aromatic carbocycles. The summed E-state index contributed by atoms with van der Waals surface area (Å²) in [6.07, 6.45) is 2.19. The van der Waals surface area contributed by atoms with E-state index < -0.39 is 0 Å². The Balaban J connectivity index is 1.45. The first-order valence-electron chi connectivity index (χ1n) is 9.00. The molecule has 3 aromatic rings. The smallest absolute Gasteiger partial charge is 0.234 e. The summed E-state index contributed by atoms with van der Waals surface area (Å²) in [7, 11) is 1.60. The third-order valence-electron chi connectivity index (χ3n) is 3.93. The zero-order valence-electron chi connectivity index (χ0n) is 16.5. The first-order chi connectivity index (χ1) is 14.6. The van der Waals surface area contributed by atoms with Crippen LogP contribution in [0.3, 0.4) is 0 Å². The standard InChI is InChI=1S/C21H21N3O3S3/c1-27-17-8-6-14(7-9-17)22-20(26)13-30-21-24-16(12-29-21)11-19(25)23-15-4-3-5-18(10-15)28-2/h3-10,12H,11,13H2,1-2H3,(H,22,26)(H,23,25). The second-order valence-electron chi connectivity index (χ2n) is 6.13. The first kappa shape index (κ1) is 22.2. The van der Waals surface area contributed by atoms with Crippen LogP contribution in [0.25, 0.3) is 0 Å². The second-order valence-corrected chi connectivity index (χ2v) is 9.09. The van der Waals surface area contributed by atoms with Crippen molar-refractivity contribution < 1.29 is 14.3 Å². The van der Waals surface area contributed by atoms with Crippen molar-refractivity contribution in [3.63, 3.8) is 0 Å². The number of amides is 2. The molecule has 6 nitrogen and oxygen atoms in total. The number of aromatic nitrogens is 1. The van der Waals surface area contributed by atoms with Gasteiger partial charge in [-0.25, -0.2) is 4.98 Å². The number of nitrogens with one attached hydrogen (secondary N) is 2. The number of hydrogen-bond acceptors (Lipinski definition) is 7. The number of carbonyl (C=O) groups excluding carboxylic acids is 2. The molecule has 3 rings (SSSR count). The molecule has 2 amide bonds. The summed E-state index contributed by atoms with van der Waals surface area (Å²) in [5, 5.41) is 7.58. The molecule has 0 aliphatic carbocycles. The van der Waals surface area contributed by atoms with Crippen molar-refractivity contribution >= 4 is 58.0 Å². The summed E-state index contributed by atoms with van der Waals surface area (Å²) >= 11 is 4.40. The Morgan fingerprint density at radius 3 is 2.57 bits per heavy atom. The van der Waals surface area contributed by atoms with Crippen molar-refractivity contribution in [1.82, 2.24) is 4.98 Å². The van der Waals surface area contributed by atoms with Crippen LogP contribution in [-0.2, 0) is 16.0 Å². The Morgan fingerprint density at radius 1 is 1.07 bits per heavy atom. The van der Waals surface area contributed by atoms with Crippen LogP contribution in [0, 0.1) is 0 Å². The van der Waals surface area contributed by atoms with Gasteiger partial charge >= 0.3 is 0 Å². The van der Waals surface area contributed by atoms with Crippen molar-refractivity contribution in [1.29, 1.82) is 0 Å². The van der Waals surface area contributed by atoms with Crippen LogP contribution in [0.2, 0.25) is 0 Å². The molecule has 156 valence electrons. The number of rotatable bonds is 9. The lowest BCUT2D eigenvalue weighted by molar-refractivity contribution is -0.116. The number of benzene rings is 2. The van der Waals surface area contributed by atoms with Gasteiger partial charge in [-0.1, -0.05) is 17.8 Å². The Hall–Kier alpha value is -2.49. The van der Waals surface area contributed by atoms with E-state index in [4.69, 9.17) is 4.74 Å². The van der Waals surface area contributed by atoms with Crippen molar-refractivity contribution in [3.05, 3.63) is 59.6 Å². The molecule has 0 unspecified atom stereocenters. The number of hydrogen-bond donors (Lipinski definition) is 2. The molecule has 0 saturated carbocycles. The van der Waals surface area contributed by atoms with Crippen LogP contribution in [-0.4, -0.2) is 35.9 Å². The predicted molar refractivity (Wildman–Crippen MR) is 125 cm³/mol. The largest absolute Gasteiger partial charge is 0.497 e. The molecule has 0 radical (unpaired) electrons. The minimum atomic E-state index is -0.118. The van der Waals surface area contributed by atoms with Gasteiger partial charge in [0.05, 0.1) is 25.0 Å². The second kappa shape index (κ2) is 11.1. The molecule has 0 spiro atoms. The number of carbonyl (C=O) groups is 2. The molecule has 30 heavy (non-hydrogen) atoms. The first-order valence-corrected chi connectivity index (χ1v) is 12.1. The maximum atomic E-state index is 12.3. The molecule has 1 aromatic heterocycles. The van der Waals surface area contributed by atoms with Crippen LogP contribution in [0.1, 0.15) is 5.69 Å². The van der Waals surface area contributed by atoms with Crippen LogP contribution >= 0.6 is 34.9 Å². The molecule has 0 atom stereocenters. The van der Waals surface area contributed by atoms with Gasteiger partial charge in [-0.3, -0.25) is 9.59 Å². The third-order valence-corrected chi connectivity index (χ3v) is 6.72. The van der Waals surface area contributed by atoms with Gasteiger partial charge in [0.15, 0.2) is 4.34 Å². The lowest BCUT2D eigenvalue weighted by atomic mass is 10.3. The summed E-state index contributed by atoms with van der Waals surface area (Å²) in [6.45, 7) is 0. The SMILES string of the molecule is COc1ccc(NC(=O)CSc2nc(CC(=O)Nc3cccc(SC)c3)cs2)cc1. The fourth-order valence-corrected chi connectivity index (χ4v) is 4.61. The monoisotopic (exact) mass is 459 g/mol. The van der Waals surface area contributed by atoms with E-state index in [-0.39, 0.29) is 24.0 Å². The molecule has 0 saturated heterocycles. The molecule has 2 N–H and O–H groups in total. The molecule has 0 bridgehead atoms. The number of nitrogens with zero attached hydrogens (tertiary/aromatic N) is 1. The van der Waals surface area contributed by atoms with Crippen LogP contribution in [0.15, 0.2) is 63.1 Å². The molecule has 0 fully saturated rings. The quantitative estimate of drug-likeness (QED) is 0.448. The minimum absolute atomic E-state index is 0.117. The van der Waals surface area contributed by atoms with Gasteiger partial charge < -0.3 is 15.4 Å². The van der Waals surface area contributed by atoms with Gasteiger partial charge in [0.1, 0.15) is 5.75 Å². The molecular weight excluding hydrogens is 438 g/mol. The number of methoxy groups -OCH3 is 1. The predicted octanol–water partition coefficient (Wildman–Crippen LogP) is 4.79. The molecule has 9 heteroatoms. The highest BCUT2D eigenvalue weighted by molar-refractivity contribution is 8.01. The van der Waals surface area contributed by atoms with E-state index in [0.717, 1.165) is 20.7 Å². The molecule has 0 aliphatic heterocycles. The topological polar surface area (TPSA) is 80.3 Å². The number of anilines is 2. The van der Waals surface area contributed by atoms with Crippen molar-refractivity contribution in [2.45, 2.75) is 15.7 Å². The number of thioether (sulfide) groups is 2. The van der Waals surface area contributed by atoms with E-state index in [1.807, 2.05) is 35.9 Å². The fourth-order valence-electron chi connectivity index (χ4n) is 2.51. The Kier molecular flexibility index (Phi) is 8.18. The minimum Gasteiger partial charge on any atom is -0.497 e. The van der Waals surface area contributed by atoms with E-state index in [0.29, 0.717) is 11.4 Å². The average Bonchev–Trinajstić information content (AvgIpc) is 3.20. The Labute approximate surface area is 187 Å². The Morgan fingerprint density at radius 2 is 1.83 bits per heavy atom. The summed E-state index contributed by atoms with van der Waals surface area (Å²) in [4.78, 5) is 29.9. The van der Waals surface area contributed by atoms with Gasteiger partial charge in [0.2, 0.25) is 11.8 Å². The summed E-state index contributed by atoms with van der Waals surface area (Å²) in [6, 6.07) is 14.9. The molecule has 1 heterocycles. The number of thiazole rings is 1. The van der Waals surface area contributed by atoms with Crippen LogP contribution in [0.5, 0.6) is 5.75 Å². The fraction of sp³-hybridized carbons (Fsp3) is 0.190. The summed E-state index contributed by atoms with van der Waals surface area (Å²) in [5.41, 5.74) is 2.17. The van der Waals surface area contributed by atoms with E-state index in [9.17, 15) is 9.59 Å². The normalized spacial score (nSPS) is 10.5. The lowest BCUT2D eigenvalue weighted by Gasteiger charge is -2.06. The van der Waals surface area contributed by atoms with Gasteiger partial charge in [-0.15, -0.1) is 23.1 Å². The molecular formula is C21H21N3O3S3. The van der Waals surface area contributed by atoms with E-state index in [1.54, 1.807) is 43.1 Å².